The molecule has 0 amide bonds. The van der Waals surface area contributed by atoms with Gasteiger partial charge in [-0.3, -0.25) is 0 Å². The first-order valence-electron chi connectivity index (χ1n) is 7.32. The second-order valence-corrected chi connectivity index (χ2v) is 8.18. The first-order chi connectivity index (χ1) is 9.87. The third-order valence-electron chi connectivity index (χ3n) is 4.73. The molecule has 3 rings (SSSR count). The van der Waals surface area contributed by atoms with Gasteiger partial charge in [0.1, 0.15) is 0 Å². The minimum atomic E-state index is -3.41. The summed E-state index contributed by atoms with van der Waals surface area (Å²) in [6, 6.07) is 12.6. The third kappa shape index (κ3) is 2.20. The average Bonchev–Trinajstić information content (AvgIpc) is 2.45. The Labute approximate surface area is 126 Å². The van der Waals surface area contributed by atoms with E-state index in [9.17, 15) is 8.42 Å². The van der Waals surface area contributed by atoms with Crippen LogP contribution in [0.4, 0.5) is 0 Å². The molecule has 2 nitrogen and oxygen atoms in total. The molecule has 0 N–H and O–H groups in total. The van der Waals surface area contributed by atoms with Gasteiger partial charge in [0.15, 0.2) is 0 Å². The first-order valence-corrected chi connectivity index (χ1v) is 8.80. The molecule has 1 atom stereocenters. The van der Waals surface area contributed by atoms with Gasteiger partial charge < -0.3 is 0 Å². The number of benzene rings is 2. The van der Waals surface area contributed by atoms with Crippen molar-refractivity contribution in [2.75, 3.05) is 0 Å². The Morgan fingerprint density at radius 1 is 1.05 bits per heavy atom. The molecule has 0 saturated carbocycles. The van der Waals surface area contributed by atoms with Crippen molar-refractivity contribution in [3.8, 4) is 0 Å². The molecule has 0 fully saturated rings. The van der Waals surface area contributed by atoms with Gasteiger partial charge in [0.05, 0.1) is 9.79 Å². The summed E-state index contributed by atoms with van der Waals surface area (Å²) in [6.45, 7) is 6.37. The second-order valence-electron chi connectivity index (χ2n) is 6.23. The van der Waals surface area contributed by atoms with Crippen LogP contribution < -0.4 is 0 Å². The fourth-order valence-electron chi connectivity index (χ4n) is 3.05. The summed E-state index contributed by atoms with van der Waals surface area (Å²) in [6.07, 6.45) is 2.06. The van der Waals surface area contributed by atoms with Gasteiger partial charge in [0.2, 0.25) is 9.84 Å². The average molecular weight is 300 g/mol. The lowest BCUT2D eigenvalue weighted by Crippen LogP contribution is -2.35. The van der Waals surface area contributed by atoms with Crippen LogP contribution in [0.3, 0.4) is 0 Å². The number of hydrogen-bond donors (Lipinski definition) is 0. The Hall–Kier alpha value is -1.61. The number of aryl methyl sites for hydroxylation is 1. The molecule has 21 heavy (non-hydrogen) atoms. The minimum absolute atomic E-state index is 0.224. The fraction of sp³-hybridized carbons (Fsp3) is 0.333. The van der Waals surface area contributed by atoms with Gasteiger partial charge in [-0.25, -0.2) is 8.42 Å². The maximum atomic E-state index is 12.7. The van der Waals surface area contributed by atoms with Crippen molar-refractivity contribution in [3.05, 3.63) is 59.2 Å². The Bertz CT molecular complexity index is 788. The molecule has 3 heteroatoms. The van der Waals surface area contributed by atoms with E-state index in [0.29, 0.717) is 9.79 Å². The zero-order chi connectivity index (χ0) is 15.3. The second kappa shape index (κ2) is 4.70. The van der Waals surface area contributed by atoms with Crippen LogP contribution in [-0.2, 0) is 21.7 Å². The zero-order valence-corrected chi connectivity index (χ0v) is 13.5. The van der Waals surface area contributed by atoms with Gasteiger partial charge in [0.25, 0.3) is 0 Å². The van der Waals surface area contributed by atoms with Gasteiger partial charge in [-0.05, 0) is 60.6 Å². The highest BCUT2D eigenvalue weighted by Crippen LogP contribution is 2.44. The highest BCUT2D eigenvalue weighted by Gasteiger charge is 2.37. The van der Waals surface area contributed by atoms with Crippen LogP contribution in [0.15, 0.2) is 52.3 Å². The number of rotatable bonds is 3. The van der Waals surface area contributed by atoms with Crippen molar-refractivity contribution in [2.24, 2.45) is 0 Å². The molecule has 1 aliphatic carbocycles. The largest absolute Gasteiger partial charge is 0.219 e. The Kier molecular flexibility index (Phi) is 3.21. The molecule has 0 radical (unpaired) electrons. The highest BCUT2D eigenvalue weighted by atomic mass is 32.2. The van der Waals surface area contributed by atoms with Crippen molar-refractivity contribution in [1.29, 1.82) is 0 Å². The van der Waals surface area contributed by atoms with Crippen LogP contribution >= 0.6 is 0 Å². The summed E-state index contributed by atoms with van der Waals surface area (Å²) >= 11 is 0. The predicted octanol–water partition coefficient (Wildman–Crippen LogP) is 4.05. The number of hydrogen-bond acceptors (Lipinski definition) is 2. The van der Waals surface area contributed by atoms with Crippen molar-refractivity contribution in [2.45, 2.75) is 48.8 Å². The zero-order valence-electron chi connectivity index (χ0n) is 12.7. The topological polar surface area (TPSA) is 34.1 Å². The van der Waals surface area contributed by atoms with Crippen LogP contribution in [0.5, 0.6) is 0 Å². The lowest BCUT2D eigenvalue weighted by Gasteiger charge is -2.41. The summed E-state index contributed by atoms with van der Waals surface area (Å²) in [7, 11) is -3.41. The van der Waals surface area contributed by atoms with Gasteiger partial charge in [-0.1, -0.05) is 37.6 Å². The van der Waals surface area contributed by atoms with Crippen LogP contribution in [0.2, 0.25) is 0 Å². The monoisotopic (exact) mass is 300 g/mol. The Morgan fingerprint density at radius 3 is 2.24 bits per heavy atom. The summed E-state index contributed by atoms with van der Waals surface area (Å²) in [5.41, 5.74) is 3.76. The quantitative estimate of drug-likeness (QED) is 0.857. The maximum Gasteiger partial charge on any atom is 0.206 e. The van der Waals surface area contributed by atoms with E-state index in [0.717, 1.165) is 18.4 Å². The first kappa shape index (κ1) is 14.3. The van der Waals surface area contributed by atoms with E-state index in [4.69, 9.17) is 0 Å². The minimum Gasteiger partial charge on any atom is -0.219 e. The van der Waals surface area contributed by atoms with Crippen LogP contribution in [0.25, 0.3) is 0 Å². The number of fused-ring (bicyclic) bond motifs is 1. The Morgan fingerprint density at radius 2 is 1.67 bits per heavy atom. The summed E-state index contributed by atoms with van der Waals surface area (Å²) in [4.78, 5) is 0.772. The van der Waals surface area contributed by atoms with E-state index in [1.165, 1.54) is 11.1 Å². The standard InChI is InChI=1S/C18H20O2S/c1-4-18(3)12-14-11-16(9-10-17(14)18)21(19,20)15-7-5-13(2)6-8-15/h5-11H,4,12H2,1-3H3. The molecular formula is C18H20O2S. The predicted molar refractivity (Wildman–Crippen MR) is 84.4 cm³/mol. The lowest BCUT2D eigenvalue weighted by atomic mass is 9.64. The van der Waals surface area contributed by atoms with Crippen molar-refractivity contribution in [1.82, 2.24) is 0 Å². The van der Waals surface area contributed by atoms with Crippen LogP contribution in [-0.4, -0.2) is 8.42 Å². The SMILES string of the molecule is CCC1(C)Cc2cc(S(=O)(=O)c3ccc(C)cc3)ccc21. The molecule has 0 aliphatic heterocycles. The van der Waals surface area contributed by atoms with Crippen molar-refractivity contribution in [3.63, 3.8) is 0 Å². The molecule has 1 unspecified atom stereocenters. The van der Waals surface area contributed by atoms with E-state index < -0.39 is 9.84 Å². The molecule has 0 heterocycles. The molecular weight excluding hydrogens is 280 g/mol. The van der Waals surface area contributed by atoms with E-state index in [-0.39, 0.29) is 5.41 Å². The maximum absolute atomic E-state index is 12.7. The normalized spacial score (nSPS) is 20.7. The van der Waals surface area contributed by atoms with Gasteiger partial charge >= 0.3 is 0 Å². The smallest absolute Gasteiger partial charge is 0.206 e. The van der Waals surface area contributed by atoms with Gasteiger partial charge in [0, 0.05) is 0 Å². The summed E-state index contributed by atoms with van der Waals surface area (Å²) in [5, 5.41) is 0. The molecule has 0 aromatic heterocycles. The molecule has 2 aromatic carbocycles. The van der Waals surface area contributed by atoms with Gasteiger partial charge in [-0.2, -0.15) is 0 Å². The molecule has 1 aliphatic rings. The van der Waals surface area contributed by atoms with E-state index >= 15 is 0 Å². The molecule has 0 bridgehead atoms. The van der Waals surface area contributed by atoms with Crippen molar-refractivity contribution >= 4 is 9.84 Å². The summed E-state index contributed by atoms with van der Waals surface area (Å²) in [5.74, 6) is 0. The molecule has 0 spiro atoms. The van der Waals surface area contributed by atoms with E-state index in [2.05, 4.69) is 13.8 Å². The van der Waals surface area contributed by atoms with Gasteiger partial charge in [-0.15, -0.1) is 0 Å². The highest BCUT2D eigenvalue weighted by molar-refractivity contribution is 7.91. The van der Waals surface area contributed by atoms with E-state index in [1.54, 1.807) is 18.2 Å². The van der Waals surface area contributed by atoms with E-state index in [1.807, 2.05) is 31.2 Å². The Balaban J connectivity index is 2.02. The third-order valence-corrected chi connectivity index (χ3v) is 6.50. The van der Waals surface area contributed by atoms with Crippen LogP contribution in [0, 0.1) is 6.92 Å². The summed E-state index contributed by atoms with van der Waals surface area (Å²) < 4.78 is 25.3. The van der Waals surface area contributed by atoms with Crippen LogP contribution in [0.1, 0.15) is 37.0 Å². The van der Waals surface area contributed by atoms with Crippen molar-refractivity contribution < 1.29 is 8.42 Å². The molecule has 2 aromatic rings. The molecule has 110 valence electrons. The fourth-order valence-corrected chi connectivity index (χ4v) is 4.36. The molecule has 0 saturated heterocycles. The lowest BCUT2D eigenvalue weighted by molar-refractivity contribution is 0.394. The number of sulfone groups is 1.